The van der Waals surface area contributed by atoms with E-state index in [9.17, 15) is 8.42 Å². The Bertz CT molecular complexity index is 625. The van der Waals surface area contributed by atoms with E-state index < -0.39 is 10.0 Å². The molecule has 0 saturated heterocycles. The number of nitrogen functional groups attached to an aromatic ring is 1. The molecule has 2 aromatic heterocycles. The van der Waals surface area contributed by atoms with E-state index in [4.69, 9.17) is 5.73 Å². The van der Waals surface area contributed by atoms with Crippen LogP contribution < -0.4 is 10.5 Å². The van der Waals surface area contributed by atoms with Crippen molar-refractivity contribution < 1.29 is 8.42 Å². The van der Waals surface area contributed by atoms with Crippen LogP contribution in [0, 0.1) is 0 Å². The van der Waals surface area contributed by atoms with Crippen molar-refractivity contribution in [2.24, 2.45) is 0 Å². The molecule has 96 valence electrons. The van der Waals surface area contributed by atoms with Crippen LogP contribution in [0.25, 0.3) is 0 Å². The number of nitrogens with zero attached hydrogens (tertiary/aromatic N) is 2. The molecule has 0 spiro atoms. The van der Waals surface area contributed by atoms with Crippen LogP contribution in [-0.2, 0) is 10.0 Å². The number of rotatable bonds is 4. The van der Waals surface area contributed by atoms with Crippen LogP contribution in [0.2, 0.25) is 0 Å². The minimum Gasteiger partial charge on any atom is -0.384 e. The van der Waals surface area contributed by atoms with Crippen molar-refractivity contribution in [3.63, 3.8) is 0 Å². The van der Waals surface area contributed by atoms with Gasteiger partial charge in [-0.2, -0.15) is 0 Å². The van der Waals surface area contributed by atoms with E-state index in [-0.39, 0.29) is 16.8 Å². The molecule has 1 atom stereocenters. The average molecular weight is 284 g/mol. The molecule has 2 heterocycles. The molecular weight excluding hydrogens is 272 g/mol. The average Bonchev–Trinajstić information content (AvgIpc) is 2.82. The summed E-state index contributed by atoms with van der Waals surface area (Å²) in [5.74, 6) is 0.166. The summed E-state index contributed by atoms with van der Waals surface area (Å²) in [5, 5.41) is 2.51. The van der Waals surface area contributed by atoms with E-state index in [0.29, 0.717) is 5.01 Å². The Labute approximate surface area is 109 Å². The van der Waals surface area contributed by atoms with Gasteiger partial charge in [0.05, 0.1) is 10.9 Å². The van der Waals surface area contributed by atoms with Crippen LogP contribution in [-0.4, -0.2) is 18.4 Å². The number of hydrogen-bond donors (Lipinski definition) is 2. The highest BCUT2D eigenvalue weighted by Gasteiger charge is 2.19. The molecule has 0 fully saturated rings. The predicted molar refractivity (Wildman–Crippen MR) is 69.5 cm³/mol. The molecule has 3 N–H and O–H groups in total. The lowest BCUT2D eigenvalue weighted by Gasteiger charge is -2.11. The first kappa shape index (κ1) is 12.9. The highest BCUT2D eigenvalue weighted by atomic mass is 32.2. The van der Waals surface area contributed by atoms with Crippen molar-refractivity contribution in [2.45, 2.75) is 17.9 Å². The summed E-state index contributed by atoms with van der Waals surface area (Å²) < 4.78 is 26.7. The van der Waals surface area contributed by atoms with Crippen LogP contribution in [0.15, 0.2) is 34.8 Å². The second kappa shape index (κ2) is 5.01. The minimum absolute atomic E-state index is 0.0957. The van der Waals surface area contributed by atoms with E-state index >= 15 is 0 Å². The highest BCUT2D eigenvalue weighted by molar-refractivity contribution is 7.89. The summed E-state index contributed by atoms with van der Waals surface area (Å²) in [6.07, 6.45) is 2.99. The molecule has 0 aliphatic heterocycles. The maximum atomic E-state index is 12.1. The molecule has 2 rings (SSSR count). The van der Waals surface area contributed by atoms with E-state index in [1.165, 1.54) is 29.7 Å². The van der Waals surface area contributed by atoms with Gasteiger partial charge in [-0.25, -0.2) is 23.1 Å². The van der Waals surface area contributed by atoms with E-state index in [1.54, 1.807) is 18.5 Å². The standard InChI is InChI=1S/C10H12N4O2S2/c1-7(10-13-4-5-17-10)14-18(15,16)8-2-3-12-9(11)6-8/h2-7,14H,1H3,(H2,11,12). The largest absolute Gasteiger partial charge is 0.384 e. The second-order valence-electron chi connectivity index (χ2n) is 3.63. The van der Waals surface area contributed by atoms with Crippen molar-refractivity contribution >= 4 is 27.2 Å². The molecule has 2 aromatic rings. The number of hydrogen-bond acceptors (Lipinski definition) is 6. The number of anilines is 1. The molecule has 0 aliphatic rings. The SMILES string of the molecule is CC(NS(=O)(=O)c1ccnc(N)c1)c1nccs1. The highest BCUT2D eigenvalue weighted by Crippen LogP contribution is 2.18. The van der Waals surface area contributed by atoms with Crippen LogP contribution in [0.1, 0.15) is 18.0 Å². The second-order valence-corrected chi connectivity index (χ2v) is 6.27. The van der Waals surface area contributed by atoms with Crippen molar-refractivity contribution in [3.05, 3.63) is 34.9 Å². The van der Waals surface area contributed by atoms with Crippen LogP contribution in [0.3, 0.4) is 0 Å². The van der Waals surface area contributed by atoms with Gasteiger partial charge in [-0.15, -0.1) is 11.3 Å². The summed E-state index contributed by atoms with van der Waals surface area (Å²) >= 11 is 1.39. The van der Waals surface area contributed by atoms with Gasteiger partial charge in [-0.05, 0) is 13.0 Å². The Balaban J connectivity index is 2.22. The van der Waals surface area contributed by atoms with Gasteiger partial charge < -0.3 is 5.73 Å². The van der Waals surface area contributed by atoms with E-state index in [2.05, 4.69) is 14.7 Å². The molecule has 0 saturated carbocycles. The van der Waals surface area contributed by atoms with Gasteiger partial charge in [0.25, 0.3) is 0 Å². The van der Waals surface area contributed by atoms with Crippen molar-refractivity contribution in [1.82, 2.24) is 14.7 Å². The smallest absolute Gasteiger partial charge is 0.241 e. The van der Waals surface area contributed by atoms with Gasteiger partial charge in [0, 0.05) is 23.8 Å². The van der Waals surface area contributed by atoms with Crippen molar-refractivity contribution in [3.8, 4) is 0 Å². The molecule has 0 amide bonds. The lowest BCUT2D eigenvalue weighted by molar-refractivity contribution is 0.566. The molecule has 0 bridgehead atoms. The van der Waals surface area contributed by atoms with Gasteiger partial charge in [0.1, 0.15) is 10.8 Å². The number of aromatic nitrogens is 2. The molecule has 0 radical (unpaired) electrons. The third-order valence-corrected chi connectivity index (χ3v) is 4.71. The summed E-state index contributed by atoms with van der Waals surface area (Å²) in [4.78, 5) is 7.92. The quantitative estimate of drug-likeness (QED) is 0.878. The molecule has 1 unspecified atom stereocenters. The van der Waals surface area contributed by atoms with Gasteiger partial charge in [0.2, 0.25) is 10.0 Å². The topological polar surface area (TPSA) is 98.0 Å². The Hall–Kier alpha value is -1.51. The lowest BCUT2D eigenvalue weighted by atomic mass is 10.4. The normalized spacial score (nSPS) is 13.4. The van der Waals surface area contributed by atoms with Crippen molar-refractivity contribution in [2.75, 3.05) is 5.73 Å². The molecule has 0 aromatic carbocycles. The zero-order chi connectivity index (χ0) is 13.2. The first-order valence-electron chi connectivity index (χ1n) is 5.12. The van der Waals surface area contributed by atoms with Gasteiger partial charge in [0.15, 0.2) is 0 Å². The number of pyridine rings is 1. The Morgan fingerprint density at radius 1 is 1.39 bits per heavy atom. The number of sulfonamides is 1. The first-order chi connectivity index (χ1) is 8.49. The Morgan fingerprint density at radius 3 is 2.78 bits per heavy atom. The predicted octanol–water partition coefficient (Wildman–Crippen LogP) is 1.16. The molecule has 8 heteroatoms. The summed E-state index contributed by atoms with van der Waals surface area (Å²) in [6, 6.07) is 2.33. The van der Waals surface area contributed by atoms with E-state index in [1.807, 2.05) is 0 Å². The Kier molecular flexibility index (Phi) is 3.60. The van der Waals surface area contributed by atoms with Gasteiger partial charge in [-0.3, -0.25) is 0 Å². The zero-order valence-electron chi connectivity index (χ0n) is 9.57. The van der Waals surface area contributed by atoms with Crippen LogP contribution >= 0.6 is 11.3 Å². The fourth-order valence-electron chi connectivity index (χ4n) is 1.39. The molecule has 18 heavy (non-hydrogen) atoms. The summed E-state index contributed by atoms with van der Waals surface area (Å²) in [5.41, 5.74) is 5.47. The fourth-order valence-corrected chi connectivity index (χ4v) is 3.34. The van der Waals surface area contributed by atoms with E-state index in [0.717, 1.165) is 0 Å². The first-order valence-corrected chi connectivity index (χ1v) is 7.48. The number of nitrogens with one attached hydrogen (secondary N) is 1. The number of nitrogens with two attached hydrogens (primary N) is 1. The maximum absolute atomic E-state index is 12.1. The third-order valence-electron chi connectivity index (χ3n) is 2.22. The molecular formula is C10H12N4O2S2. The third kappa shape index (κ3) is 2.84. The minimum atomic E-state index is -3.61. The summed E-state index contributed by atoms with van der Waals surface area (Å²) in [7, 11) is -3.61. The van der Waals surface area contributed by atoms with Crippen molar-refractivity contribution in [1.29, 1.82) is 0 Å². The molecule has 0 aliphatic carbocycles. The molecule has 6 nitrogen and oxygen atoms in total. The van der Waals surface area contributed by atoms with Crippen LogP contribution in [0.4, 0.5) is 5.82 Å². The monoisotopic (exact) mass is 284 g/mol. The maximum Gasteiger partial charge on any atom is 0.241 e. The summed E-state index contributed by atoms with van der Waals surface area (Å²) in [6.45, 7) is 1.74. The number of thiazole rings is 1. The fraction of sp³-hybridized carbons (Fsp3) is 0.200. The lowest BCUT2D eigenvalue weighted by Crippen LogP contribution is -2.26. The van der Waals surface area contributed by atoms with Gasteiger partial charge >= 0.3 is 0 Å². The Morgan fingerprint density at radius 2 is 2.17 bits per heavy atom. The van der Waals surface area contributed by atoms with Gasteiger partial charge in [-0.1, -0.05) is 0 Å². The van der Waals surface area contributed by atoms with Crippen LogP contribution in [0.5, 0.6) is 0 Å². The zero-order valence-corrected chi connectivity index (χ0v) is 11.2.